The van der Waals surface area contributed by atoms with Gasteiger partial charge in [-0.3, -0.25) is 4.79 Å². The normalized spacial score (nSPS) is 12.4. The van der Waals surface area contributed by atoms with E-state index in [-0.39, 0.29) is 24.1 Å². The number of hydrogen-bond acceptors (Lipinski definition) is 5. The van der Waals surface area contributed by atoms with Crippen molar-refractivity contribution in [2.45, 2.75) is 37.5 Å². The summed E-state index contributed by atoms with van der Waals surface area (Å²) in [6.45, 7) is 3.99. The molecule has 1 aromatic carbocycles. The second kappa shape index (κ2) is 8.26. The number of para-hydroxylation sites is 1. The summed E-state index contributed by atoms with van der Waals surface area (Å²) in [4.78, 5) is 27.0. The molecule has 142 valence electrons. The van der Waals surface area contributed by atoms with Gasteiger partial charge in [-0.25, -0.2) is 4.79 Å². The summed E-state index contributed by atoms with van der Waals surface area (Å²) < 4.78 is 1.86. The van der Waals surface area contributed by atoms with E-state index in [4.69, 9.17) is 0 Å². The topological polar surface area (TPSA) is 113 Å². The molecule has 0 saturated heterocycles. The largest absolute Gasteiger partial charge is 0.480 e. The van der Waals surface area contributed by atoms with Gasteiger partial charge < -0.3 is 20.0 Å². The Labute approximate surface area is 160 Å². The fourth-order valence-electron chi connectivity index (χ4n) is 2.78. The minimum atomic E-state index is -1.07. The van der Waals surface area contributed by atoms with Crippen LogP contribution in [0.3, 0.4) is 0 Å². The van der Waals surface area contributed by atoms with Gasteiger partial charge in [0.2, 0.25) is 5.91 Å². The Morgan fingerprint density at radius 3 is 2.85 bits per heavy atom. The highest BCUT2D eigenvalue weighted by Gasteiger charge is 2.22. The lowest BCUT2D eigenvalue weighted by atomic mass is 10.1. The van der Waals surface area contributed by atoms with Gasteiger partial charge >= 0.3 is 5.97 Å². The quantitative estimate of drug-likeness (QED) is 0.511. The molecule has 0 aliphatic rings. The zero-order valence-corrected chi connectivity index (χ0v) is 15.9. The van der Waals surface area contributed by atoms with Crippen molar-refractivity contribution in [1.29, 1.82) is 0 Å². The molecule has 1 amide bonds. The number of nitrogens with zero attached hydrogens (tertiary/aromatic N) is 3. The highest BCUT2D eigenvalue weighted by Crippen LogP contribution is 2.20. The van der Waals surface area contributed by atoms with Crippen LogP contribution < -0.4 is 5.32 Å². The first-order valence-electron chi connectivity index (χ1n) is 8.55. The first-order valence-corrected chi connectivity index (χ1v) is 9.53. The molecule has 1 unspecified atom stereocenters. The standard InChI is InChI=1S/C18H21N5O3S/c1-11(2)23-10-20-22-18(23)27-9-16(24)21-15(17(25)26)7-12-8-19-14-6-4-3-5-13(12)14/h3-6,8,10-11,15,19H,7,9H2,1-2H3,(H,21,24)(H,25,26). The third kappa shape index (κ3) is 4.48. The van der Waals surface area contributed by atoms with Crippen LogP contribution >= 0.6 is 11.8 Å². The summed E-state index contributed by atoms with van der Waals surface area (Å²) in [7, 11) is 0. The van der Waals surface area contributed by atoms with Crippen LogP contribution in [0.15, 0.2) is 41.9 Å². The fourth-order valence-corrected chi connectivity index (χ4v) is 3.63. The molecule has 3 N–H and O–H groups in total. The third-order valence-corrected chi connectivity index (χ3v) is 5.12. The Hall–Kier alpha value is -2.81. The minimum Gasteiger partial charge on any atom is -0.480 e. The lowest BCUT2D eigenvalue weighted by Gasteiger charge is -2.14. The van der Waals surface area contributed by atoms with E-state index >= 15 is 0 Å². The van der Waals surface area contributed by atoms with Gasteiger partial charge in [0.05, 0.1) is 5.75 Å². The Morgan fingerprint density at radius 2 is 2.11 bits per heavy atom. The number of carbonyl (C=O) groups is 2. The van der Waals surface area contributed by atoms with E-state index in [1.807, 2.05) is 42.7 Å². The number of carboxylic acids is 1. The number of aromatic amines is 1. The van der Waals surface area contributed by atoms with Crippen molar-refractivity contribution < 1.29 is 14.7 Å². The minimum absolute atomic E-state index is 0.0725. The first kappa shape index (κ1) is 19.0. The zero-order chi connectivity index (χ0) is 19.4. The number of H-pyrrole nitrogens is 1. The Kier molecular flexibility index (Phi) is 5.80. The molecule has 0 bridgehead atoms. The maximum absolute atomic E-state index is 12.3. The van der Waals surface area contributed by atoms with E-state index in [0.29, 0.717) is 5.16 Å². The number of rotatable bonds is 8. The smallest absolute Gasteiger partial charge is 0.326 e. The lowest BCUT2D eigenvalue weighted by molar-refractivity contribution is -0.141. The van der Waals surface area contributed by atoms with Gasteiger partial charge in [-0.1, -0.05) is 30.0 Å². The van der Waals surface area contributed by atoms with E-state index in [1.54, 1.807) is 12.5 Å². The molecule has 9 heteroatoms. The van der Waals surface area contributed by atoms with Crippen LogP contribution in [-0.2, 0) is 16.0 Å². The average molecular weight is 387 g/mol. The Balaban J connectivity index is 1.63. The van der Waals surface area contributed by atoms with Crippen molar-refractivity contribution >= 4 is 34.5 Å². The number of fused-ring (bicyclic) bond motifs is 1. The monoisotopic (exact) mass is 387 g/mol. The number of carbonyl (C=O) groups excluding carboxylic acids is 1. The predicted molar refractivity (Wildman–Crippen MR) is 103 cm³/mol. The molecule has 0 saturated carbocycles. The molecule has 2 heterocycles. The van der Waals surface area contributed by atoms with Crippen LogP contribution in [0.1, 0.15) is 25.5 Å². The summed E-state index contributed by atoms with van der Waals surface area (Å²) in [5.74, 6) is -1.35. The lowest BCUT2D eigenvalue weighted by Crippen LogP contribution is -2.43. The molecule has 0 aliphatic heterocycles. The van der Waals surface area contributed by atoms with Crippen LogP contribution in [0.25, 0.3) is 10.9 Å². The summed E-state index contributed by atoms with van der Waals surface area (Å²) in [6.07, 6.45) is 3.60. The third-order valence-electron chi connectivity index (χ3n) is 4.16. The highest BCUT2D eigenvalue weighted by atomic mass is 32.2. The molecular formula is C18H21N5O3S. The van der Waals surface area contributed by atoms with Crippen LogP contribution in [-0.4, -0.2) is 48.5 Å². The van der Waals surface area contributed by atoms with Crippen LogP contribution in [0, 0.1) is 0 Å². The number of aromatic nitrogens is 4. The van der Waals surface area contributed by atoms with Crippen LogP contribution in [0.2, 0.25) is 0 Å². The maximum Gasteiger partial charge on any atom is 0.326 e. The van der Waals surface area contributed by atoms with Crippen LogP contribution in [0.5, 0.6) is 0 Å². The van der Waals surface area contributed by atoms with E-state index in [0.717, 1.165) is 16.5 Å². The van der Waals surface area contributed by atoms with Gasteiger partial charge in [-0.05, 0) is 25.5 Å². The van der Waals surface area contributed by atoms with Gasteiger partial charge in [0.25, 0.3) is 0 Å². The van der Waals surface area contributed by atoms with Crippen molar-refractivity contribution in [3.63, 3.8) is 0 Å². The number of hydrogen-bond donors (Lipinski definition) is 3. The predicted octanol–water partition coefficient (Wildman–Crippen LogP) is 2.24. The van der Waals surface area contributed by atoms with E-state index in [2.05, 4.69) is 20.5 Å². The molecule has 3 rings (SSSR count). The maximum atomic E-state index is 12.3. The molecule has 1 atom stereocenters. The van der Waals surface area contributed by atoms with Crippen molar-refractivity contribution in [1.82, 2.24) is 25.1 Å². The van der Waals surface area contributed by atoms with Gasteiger partial charge in [0, 0.05) is 29.6 Å². The average Bonchev–Trinajstić information content (AvgIpc) is 3.26. The second-order valence-corrected chi connectivity index (χ2v) is 7.37. The number of benzene rings is 1. The molecule has 3 aromatic rings. The van der Waals surface area contributed by atoms with Gasteiger partial charge in [-0.15, -0.1) is 10.2 Å². The molecule has 0 spiro atoms. The molecule has 27 heavy (non-hydrogen) atoms. The van der Waals surface area contributed by atoms with E-state index in [1.165, 1.54) is 11.8 Å². The highest BCUT2D eigenvalue weighted by molar-refractivity contribution is 7.99. The zero-order valence-electron chi connectivity index (χ0n) is 15.0. The van der Waals surface area contributed by atoms with Crippen LogP contribution in [0.4, 0.5) is 0 Å². The molecule has 0 fully saturated rings. The number of amides is 1. The molecule has 0 radical (unpaired) electrons. The molecular weight excluding hydrogens is 366 g/mol. The Morgan fingerprint density at radius 1 is 1.33 bits per heavy atom. The van der Waals surface area contributed by atoms with Crippen molar-refractivity contribution in [3.8, 4) is 0 Å². The second-order valence-electron chi connectivity index (χ2n) is 6.43. The number of carboxylic acid groups (broad SMARTS) is 1. The van der Waals surface area contributed by atoms with E-state index in [9.17, 15) is 14.7 Å². The van der Waals surface area contributed by atoms with Gasteiger partial charge in [0.1, 0.15) is 12.4 Å². The number of aliphatic carboxylic acids is 1. The molecule has 0 aliphatic carbocycles. The number of nitrogens with one attached hydrogen (secondary N) is 2. The van der Waals surface area contributed by atoms with Crippen molar-refractivity contribution in [2.75, 3.05) is 5.75 Å². The summed E-state index contributed by atoms with van der Waals surface area (Å²) in [6, 6.07) is 6.84. The molecule has 8 nitrogen and oxygen atoms in total. The number of thioether (sulfide) groups is 1. The first-order chi connectivity index (χ1) is 13.0. The van der Waals surface area contributed by atoms with Crippen molar-refractivity contribution in [2.24, 2.45) is 0 Å². The van der Waals surface area contributed by atoms with Gasteiger partial charge in [0.15, 0.2) is 5.16 Å². The van der Waals surface area contributed by atoms with E-state index < -0.39 is 12.0 Å². The Bertz CT molecular complexity index is 949. The summed E-state index contributed by atoms with van der Waals surface area (Å²) in [5.41, 5.74) is 1.79. The fraction of sp³-hybridized carbons (Fsp3) is 0.333. The summed E-state index contributed by atoms with van der Waals surface area (Å²) >= 11 is 1.23. The SMILES string of the molecule is CC(C)n1cnnc1SCC(=O)NC(Cc1c[nH]c2ccccc12)C(=O)O. The summed E-state index contributed by atoms with van der Waals surface area (Å²) in [5, 5.41) is 21.5. The van der Waals surface area contributed by atoms with Crippen molar-refractivity contribution in [3.05, 3.63) is 42.4 Å². The van der Waals surface area contributed by atoms with Gasteiger partial charge in [-0.2, -0.15) is 0 Å². The molecule has 2 aromatic heterocycles.